The summed E-state index contributed by atoms with van der Waals surface area (Å²) in [6, 6.07) is 4.61. The molecule has 0 fully saturated rings. The average molecular weight is 286 g/mol. The van der Waals surface area contributed by atoms with Crippen LogP contribution in [0.3, 0.4) is 0 Å². The zero-order valence-corrected chi connectivity index (χ0v) is 11.4. The quantitative estimate of drug-likeness (QED) is 0.512. The molecule has 0 aliphatic rings. The second kappa shape index (κ2) is 12.1. The molecule has 0 amide bonds. The lowest BCUT2D eigenvalue weighted by Crippen LogP contribution is -2.51. The van der Waals surface area contributed by atoms with Crippen molar-refractivity contribution in [2.75, 3.05) is 13.1 Å². The van der Waals surface area contributed by atoms with Gasteiger partial charge in [0.1, 0.15) is 0 Å². The average Bonchev–Trinajstić information content (AvgIpc) is 2.40. The molecule has 114 valence electrons. The number of carboxylic acid groups (broad SMARTS) is 2. The number of unbranched alkanes of at least 4 members (excludes halogenated alkanes) is 2. The molecule has 0 aliphatic carbocycles. The summed E-state index contributed by atoms with van der Waals surface area (Å²) in [5.74, 6) is -2.67. The van der Waals surface area contributed by atoms with E-state index in [2.05, 4.69) is 11.5 Å². The number of hydrogen-bond donors (Lipinski definition) is 2. The van der Waals surface area contributed by atoms with Crippen molar-refractivity contribution in [3.8, 4) is 0 Å². The van der Waals surface area contributed by atoms with E-state index in [1.54, 1.807) is 0 Å². The summed E-state index contributed by atoms with van der Waals surface area (Å²) in [6.45, 7) is 2.17. The van der Waals surface area contributed by atoms with Crippen LogP contribution in [0, 0.1) is 0 Å². The molecule has 0 radical (unpaired) electrons. The van der Waals surface area contributed by atoms with Gasteiger partial charge in [0.15, 0.2) is 0 Å². The van der Waals surface area contributed by atoms with Gasteiger partial charge < -0.3 is 36.7 Å². The Morgan fingerprint density at radius 3 is 1.30 bits per heavy atom. The van der Waals surface area contributed by atoms with Crippen LogP contribution in [0.5, 0.6) is 0 Å². The molecule has 1 aromatic carbocycles. The van der Waals surface area contributed by atoms with E-state index < -0.39 is 11.9 Å². The number of quaternary nitrogens is 2. The number of carboxylic acids is 2. The fourth-order valence-corrected chi connectivity index (χ4v) is 1.27. The van der Waals surface area contributed by atoms with Crippen molar-refractivity contribution in [3.05, 3.63) is 35.4 Å². The van der Waals surface area contributed by atoms with Crippen LogP contribution < -0.4 is 21.7 Å². The van der Waals surface area contributed by atoms with Gasteiger partial charge >= 0.3 is 0 Å². The first kappa shape index (κ1) is 20.4. The molecule has 7 nitrogen and oxygen atoms in total. The molecule has 0 heterocycles. The third kappa shape index (κ3) is 9.03. The molecule has 8 N–H and O–H groups in total. The van der Waals surface area contributed by atoms with E-state index in [9.17, 15) is 19.8 Å². The standard InChI is InChI=1S/C8H6O4.C5H14N2.H2O/c9-7(10)5-1-2-6(4-3-5)8(11)12;6-4-2-1-3-5-7;/h1-4H,(H,9,10)(H,11,12);1-7H2;1H2. The minimum Gasteiger partial charge on any atom is -0.545 e. The third-order valence-corrected chi connectivity index (χ3v) is 2.36. The van der Waals surface area contributed by atoms with Crippen molar-refractivity contribution in [3.63, 3.8) is 0 Å². The monoisotopic (exact) mass is 286 g/mol. The molecule has 0 aromatic heterocycles. The van der Waals surface area contributed by atoms with E-state index in [4.69, 9.17) is 0 Å². The van der Waals surface area contributed by atoms with Gasteiger partial charge in [0.05, 0.1) is 25.0 Å². The van der Waals surface area contributed by atoms with Crippen molar-refractivity contribution < 1.29 is 36.7 Å². The third-order valence-electron chi connectivity index (χ3n) is 2.36. The smallest absolute Gasteiger partial charge is 0.0739 e. The van der Waals surface area contributed by atoms with Gasteiger partial charge in [-0.25, -0.2) is 0 Å². The number of benzene rings is 1. The molecule has 20 heavy (non-hydrogen) atoms. The van der Waals surface area contributed by atoms with E-state index >= 15 is 0 Å². The van der Waals surface area contributed by atoms with Crippen molar-refractivity contribution in [1.29, 1.82) is 0 Å². The van der Waals surface area contributed by atoms with Gasteiger partial charge in [-0.2, -0.15) is 0 Å². The van der Waals surface area contributed by atoms with Crippen LogP contribution >= 0.6 is 0 Å². The highest BCUT2D eigenvalue weighted by Crippen LogP contribution is 2.01. The van der Waals surface area contributed by atoms with Crippen LogP contribution in [-0.2, 0) is 0 Å². The Kier molecular flexibility index (Phi) is 12.3. The summed E-state index contributed by atoms with van der Waals surface area (Å²) in [6.07, 6.45) is 3.86. The van der Waals surface area contributed by atoms with Gasteiger partial charge in [0.2, 0.25) is 0 Å². The molecule has 0 saturated carbocycles. The molecule has 0 aliphatic heterocycles. The SMILES string of the molecule is O.O=C([O-])c1ccc(C(=O)[O-])cc1.[NH3+]CCCCC[NH3+]. The Bertz CT molecular complexity index is 355. The fraction of sp³-hybridized carbons (Fsp3) is 0.385. The van der Waals surface area contributed by atoms with Crippen LogP contribution in [0.4, 0.5) is 0 Å². The number of rotatable bonds is 6. The normalized spacial score (nSPS) is 8.90. The number of hydrogen-bond acceptors (Lipinski definition) is 4. The van der Waals surface area contributed by atoms with Crippen molar-refractivity contribution in [1.82, 2.24) is 0 Å². The van der Waals surface area contributed by atoms with Gasteiger partial charge in [0, 0.05) is 0 Å². The second-order valence-electron chi connectivity index (χ2n) is 3.92. The molecule has 0 bridgehead atoms. The van der Waals surface area contributed by atoms with Crippen LogP contribution in [-0.4, -0.2) is 30.5 Å². The van der Waals surface area contributed by atoms with Gasteiger partial charge in [-0.15, -0.1) is 0 Å². The number of aromatic carboxylic acids is 2. The number of carbonyl (C=O) groups excluding carboxylic acids is 2. The molecule has 0 spiro atoms. The van der Waals surface area contributed by atoms with E-state index in [0.29, 0.717) is 0 Å². The Balaban J connectivity index is 0. The molecular formula is C13H22N2O5. The maximum Gasteiger partial charge on any atom is 0.0739 e. The van der Waals surface area contributed by atoms with Crippen molar-refractivity contribution in [2.24, 2.45) is 0 Å². The minimum absolute atomic E-state index is 0. The lowest BCUT2D eigenvalue weighted by molar-refractivity contribution is -0.374. The summed E-state index contributed by atoms with van der Waals surface area (Å²) >= 11 is 0. The highest BCUT2D eigenvalue weighted by atomic mass is 16.4. The molecular weight excluding hydrogens is 264 g/mol. The first-order valence-electron chi connectivity index (χ1n) is 6.14. The Morgan fingerprint density at radius 2 is 1.10 bits per heavy atom. The summed E-state index contributed by atoms with van der Waals surface area (Å²) < 4.78 is 0. The summed E-state index contributed by atoms with van der Waals surface area (Å²) in [5, 5.41) is 20.4. The maximum absolute atomic E-state index is 10.2. The molecule has 1 aromatic rings. The highest BCUT2D eigenvalue weighted by molar-refractivity contribution is 5.89. The van der Waals surface area contributed by atoms with Gasteiger partial charge in [-0.3, -0.25) is 0 Å². The summed E-state index contributed by atoms with van der Waals surface area (Å²) in [7, 11) is 0. The number of carbonyl (C=O) groups is 2. The van der Waals surface area contributed by atoms with Crippen LogP contribution in [0.15, 0.2) is 24.3 Å². The van der Waals surface area contributed by atoms with Crippen LogP contribution in [0.25, 0.3) is 0 Å². The summed E-state index contributed by atoms with van der Waals surface area (Å²) in [5.41, 5.74) is 7.36. The maximum atomic E-state index is 10.2. The van der Waals surface area contributed by atoms with Crippen molar-refractivity contribution in [2.45, 2.75) is 19.3 Å². The lowest BCUT2D eigenvalue weighted by atomic mass is 10.1. The fourth-order valence-electron chi connectivity index (χ4n) is 1.27. The molecule has 7 heteroatoms. The first-order valence-corrected chi connectivity index (χ1v) is 6.14. The van der Waals surface area contributed by atoms with E-state index in [1.165, 1.54) is 19.3 Å². The van der Waals surface area contributed by atoms with Gasteiger partial charge in [-0.05, 0) is 30.4 Å². The minimum atomic E-state index is -1.33. The predicted molar refractivity (Wildman–Crippen MR) is 68.1 cm³/mol. The molecule has 0 unspecified atom stereocenters. The van der Waals surface area contributed by atoms with Crippen LogP contribution in [0.2, 0.25) is 0 Å². The second-order valence-corrected chi connectivity index (χ2v) is 3.92. The highest BCUT2D eigenvalue weighted by Gasteiger charge is 1.94. The largest absolute Gasteiger partial charge is 0.545 e. The van der Waals surface area contributed by atoms with E-state index in [1.807, 2.05) is 0 Å². The Hall–Kier alpha value is -1.96. The van der Waals surface area contributed by atoms with Crippen molar-refractivity contribution >= 4 is 11.9 Å². The zero-order chi connectivity index (χ0) is 14.7. The van der Waals surface area contributed by atoms with Crippen LogP contribution in [0.1, 0.15) is 40.0 Å². The summed E-state index contributed by atoms with van der Waals surface area (Å²) in [4.78, 5) is 20.4. The molecule has 1 rings (SSSR count). The van der Waals surface area contributed by atoms with Gasteiger partial charge in [0.25, 0.3) is 0 Å². The van der Waals surface area contributed by atoms with E-state index in [0.717, 1.165) is 37.4 Å². The Morgan fingerprint density at radius 1 is 0.800 bits per heavy atom. The topological polar surface area (TPSA) is 167 Å². The first-order chi connectivity index (χ1) is 9.02. The molecule has 0 atom stereocenters. The zero-order valence-electron chi connectivity index (χ0n) is 11.4. The molecule has 0 saturated heterocycles. The van der Waals surface area contributed by atoms with E-state index in [-0.39, 0.29) is 16.6 Å². The van der Waals surface area contributed by atoms with Gasteiger partial charge in [-0.1, -0.05) is 24.3 Å². The predicted octanol–water partition coefficient (Wildman–Crippen LogP) is -3.77. The Labute approximate surface area is 117 Å². The lowest BCUT2D eigenvalue weighted by Gasteiger charge is -2.04.